The smallest absolute Gasteiger partial charge is 0.341 e. The fourth-order valence-electron chi connectivity index (χ4n) is 2.39. The number of hydrogen-bond donors (Lipinski definition) is 1. The predicted molar refractivity (Wildman–Crippen MR) is 93.4 cm³/mol. The predicted octanol–water partition coefficient (Wildman–Crippen LogP) is 3.40. The number of thiophene rings is 1. The van der Waals surface area contributed by atoms with Crippen molar-refractivity contribution in [1.82, 2.24) is 9.97 Å². The Morgan fingerprint density at radius 2 is 2.08 bits per heavy atom. The number of aryl methyl sites for hydroxylation is 2. The summed E-state index contributed by atoms with van der Waals surface area (Å²) in [5.41, 5.74) is 6.85. The monoisotopic (exact) mass is 361 g/mol. The van der Waals surface area contributed by atoms with Crippen molar-refractivity contribution in [2.45, 2.75) is 20.5 Å². The molecule has 2 heterocycles. The Labute approximate surface area is 147 Å². The van der Waals surface area contributed by atoms with Crippen LogP contribution in [0.25, 0.3) is 10.2 Å². The van der Waals surface area contributed by atoms with E-state index in [-0.39, 0.29) is 18.0 Å². The van der Waals surface area contributed by atoms with E-state index in [1.54, 1.807) is 0 Å². The maximum Gasteiger partial charge on any atom is 0.341 e. The van der Waals surface area contributed by atoms with Crippen LogP contribution in [-0.4, -0.2) is 23.0 Å². The van der Waals surface area contributed by atoms with Gasteiger partial charge in [0.15, 0.2) is 12.4 Å². The van der Waals surface area contributed by atoms with E-state index < -0.39 is 11.8 Å². The van der Waals surface area contributed by atoms with Gasteiger partial charge in [-0.3, -0.25) is 0 Å². The van der Waals surface area contributed by atoms with Gasteiger partial charge in [0.05, 0.1) is 18.1 Å². The van der Waals surface area contributed by atoms with Crippen LogP contribution in [0.5, 0.6) is 5.75 Å². The first kappa shape index (κ1) is 17.1. The number of nitrogen functional groups attached to an aromatic ring is 1. The zero-order valence-corrected chi connectivity index (χ0v) is 14.7. The van der Waals surface area contributed by atoms with Crippen molar-refractivity contribution >= 4 is 33.3 Å². The second-order valence-corrected chi connectivity index (χ2v) is 6.61. The maximum atomic E-state index is 13.9. The van der Waals surface area contributed by atoms with Crippen molar-refractivity contribution in [2.75, 3.05) is 12.8 Å². The van der Waals surface area contributed by atoms with E-state index in [0.717, 1.165) is 26.7 Å². The van der Waals surface area contributed by atoms with E-state index in [2.05, 4.69) is 9.97 Å². The first-order valence-electron chi connectivity index (χ1n) is 7.43. The summed E-state index contributed by atoms with van der Waals surface area (Å²) in [5, 5.41) is 0.818. The van der Waals surface area contributed by atoms with Gasteiger partial charge in [0, 0.05) is 10.9 Å². The number of aromatic nitrogens is 2. The standard InChI is InChI=1S/C17H16FN3O3S/c1-8-9(2)25-16-14(8)15(19)20-13(21-16)7-24-17(22)11-5-4-10(23-3)6-12(11)18/h4-6H,7H2,1-3H3,(H2,19,20,21). The fraction of sp³-hybridized carbons (Fsp3) is 0.235. The summed E-state index contributed by atoms with van der Waals surface area (Å²) in [6.07, 6.45) is 0. The van der Waals surface area contributed by atoms with Crippen molar-refractivity contribution in [3.05, 3.63) is 45.8 Å². The van der Waals surface area contributed by atoms with E-state index in [0.29, 0.717) is 11.6 Å². The van der Waals surface area contributed by atoms with Gasteiger partial charge in [-0.25, -0.2) is 19.2 Å². The number of carbonyl (C=O) groups is 1. The minimum Gasteiger partial charge on any atom is -0.497 e. The van der Waals surface area contributed by atoms with Crippen LogP contribution in [0, 0.1) is 19.7 Å². The Balaban J connectivity index is 1.79. The number of hydrogen-bond acceptors (Lipinski definition) is 7. The molecule has 0 saturated carbocycles. The number of halogens is 1. The third-order valence-electron chi connectivity index (χ3n) is 3.83. The molecule has 0 unspecified atom stereocenters. The largest absolute Gasteiger partial charge is 0.497 e. The van der Waals surface area contributed by atoms with Crippen molar-refractivity contribution in [1.29, 1.82) is 0 Å². The number of esters is 1. The number of nitrogens with two attached hydrogens (primary N) is 1. The van der Waals surface area contributed by atoms with Crippen molar-refractivity contribution < 1.29 is 18.7 Å². The summed E-state index contributed by atoms with van der Waals surface area (Å²) in [4.78, 5) is 22.4. The number of ether oxygens (including phenoxy) is 2. The van der Waals surface area contributed by atoms with Gasteiger partial charge in [0.1, 0.15) is 22.2 Å². The fourth-order valence-corrected chi connectivity index (χ4v) is 3.44. The molecule has 0 radical (unpaired) electrons. The van der Waals surface area contributed by atoms with Crippen LogP contribution >= 0.6 is 11.3 Å². The second kappa shape index (κ2) is 6.64. The molecule has 6 nitrogen and oxygen atoms in total. The summed E-state index contributed by atoms with van der Waals surface area (Å²) in [6, 6.07) is 3.91. The Morgan fingerprint density at radius 3 is 2.76 bits per heavy atom. The molecule has 25 heavy (non-hydrogen) atoms. The van der Waals surface area contributed by atoms with Gasteiger partial charge in [-0.15, -0.1) is 11.3 Å². The van der Waals surface area contributed by atoms with Gasteiger partial charge < -0.3 is 15.2 Å². The minimum absolute atomic E-state index is 0.183. The van der Waals surface area contributed by atoms with E-state index >= 15 is 0 Å². The molecule has 8 heteroatoms. The Morgan fingerprint density at radius 1 is 1.32 bits per heavy atom. The van der Waals surface area contributed by atoms with Crippen molar-refractivity contribution in [3.63, 3.8) is 0 Å². The van der Waals surface area contributed by atoms with Gasteiger partial charge in [0.25, 0.3) is 0 Å². The summed E-state index contributed by atoms with van der Waals surface area (Å²) < 4.78 is 23.9. The minimum atomic E-state index is -0.805. The van der Waals surface area contributed by atoms with E-state index in [1.807, 2.05) is 13.8 Å². The Hall–Kier alpha value is -2.74. The van der Waals surface area contributed by atoms with Gasteiger partial charge in [-0.2, -0.15) is 0 Å². The molecule has 0 fully saturated rings. The molecule has 0 saturated heterocycles. The number of rotatable bonds is 4. The normalized spacial score (nSPS) is 10.9. The Kier molecular flexibility index (Phi) is 4.54. The van der Waals surface area contributed by atoms with Crippen LogP contribution in [0.15, 0.2) is 18.2 Å². The highest BCUT2D eigenvalue weighted by Gasteiger charge is 2.17. The summed E-state index contributed by atoms with van der Waals surface area (Å²) >= 11 is 1.50. The number of carbonyl (C=O) groups excluding carboxylic acids is 1. The molecule has 2 aromatic heterocycles. The molecule has 0 amide bonds. The molecule has 0 aliphatic carbocycles. The second-order valence-electron chi connectivity index (χ2n) is 5.41. The Bertz CT molecular complexity index is 971. The molecule has 0 aliphatic rings. The third kappa shape index (κ3) is 3.25. The number of anilines is 1. The molecule has 130 valence electrons. The number of benzene rings is 1. The molecule has 0 bridgehead atoms. The van der Waals surface area contributed by atoms with E-state index in [4.69, 9.17) is 15.2 Å². The zero-order chi connectivity index (χ0) is 18.1. The van der Waals surface area contributed by atoms with E-state index in [9.17, 15) is 9.18 Å². The molecule has 3 rings (SSSR count). The van der Waals surface area contributed by atoms with Crippen LogP contribution in [0.2, 0.25) is 0 Å². The number of nitrogens with zero attached hydrogens (tertiary/aromatic N) is 2. The first-order chi connectivity index (χ1) is 11.9. The molecular weight excluding hydrogens is 345 g/mol. The van der Waals surface area contributed by atoms with Crippen LogP contribution in [0.1, 0.15) is 26.6 Å². The lowest BCUT2D eigenvalue weighted by atomic mass is 10.2. The molecule has 0 atom stereocenters. The summed E-state index contributed by atoms with van der Waals surface area (Å²) in [7, 11) is 1.42. The average Bonchev–Trinajstić information content (AvgIpc) is 2.87. The molecule has 1 aromatic carbocycles. The lowest BCUT2D eigenvalue weighted by Crippen LogP contribution is -2.10. The topological polar surface area (TPSA) is 87.3 Å². The number of fused-ring (bicyclic) bond motifs is 1. The quantitative estimate of drug-likeness (QED) is 0.717. The summed E-state index contributed by atoms with van der Waals surface area (Å²) in [5.74, 6) is -0.591. The number of methoxy groups -OCH3 is 1. The third-order valence-corrected chi connectivity index (χ3v) is 4.93. The van der Waals surface area contributed by atoms with Gasteiger partial charge in [-0.1, -0.05) is 0 Å². The first-order valence-corrected chi connectivity index (χ1v) is 8.25. The molecule has 2 N–H and O–H groups in total. The van der Waals surface area contributed by atoms with Crippen molar-refractivity contribution in [3.8, 4) is 5.75 Å². The lowest BCUT2D eigenvalue weighted by molar-refractivity contribution is 0.0457. The highest BCUT2D eigenvalue weighted by atomic mass is 32.1. The van der Waals surface area contributed by atoms with Gasteiger partial charge >= 0.3 is 5.97 Å². The van der Waals surface area contributed by atoms with Gasteiger partial charge in [-0.05, 0) is 31.5 Å². The molecule has 0 aliphatic heterocycles. The summed E-state index contributed by atoms with van der Waals surface area (Å²) in [6.45, 7) is 3.74. The van der Waals surface area contributed by atoms with Crippen molar-refractivity contribution in [2.24, 2.45) is 0 Å². The van der Waals surface area contributed by atoms with Gasteiger partial charge in [0.2, 0.25) is 0 Å². The molecule has 3 aromatic rings. The highest BCUT2D eigenvalue weighted by molar-refractivity contribution is 7.18. The van der Waals surface area contributed by atoms with Crippen LogP contribution < -0.4 is 10.5 Å². The maximum absolute atomic E-state index is 13.9. The average molecular weight is 361 g/mol. The highest BCUT2D eigenvalue weighted by Crippen LogP contribution is 2.31. The molecular formula is C17H16FN3O3S. The lowest BCUT2D eigenvalue weighted by Gasteiger charge is -2.07. The van der Waals surface area contributed by atoms with Crippen LogP contribution in [-0.2, 0) is 11.3 Å². The molecule has 0 spiro atoms. The van der Waals surface area contributed by atoms with Crippen LogP contribution in [0.3, 0.4) is 0 Å². The van der Waals surface area contributed by atoms with Crippen LogP contribution in [0.4, 0.5) is 10.2 Å². The SMILES string of the molecule is COc1ccc(C(=O)OCc2nc(N)c3c(C)c(C)sc3n2)c(F)c1. The zero-order valence-electron chi connectivity index (χ0n) is 13.9. The van der Waals surface area contributed by atoms with E-state index in [1.165, 1.54) is 30.6 Å².